The summed E-state index contributed by atoms with van der Waals surface area (Å²) in [7, 11) is -0.186. The van der Waals surface area contributed by atoms with Crippen LogP contribution in [0.3, 0.4) is 0 Å². The number of hydrogen-bond acceptors (Lipinski definition) is 6. The van der Waals surface area contributed by atoms with Gasteiger partial charge in [-0.1, -0.05) is 6.92 Å². The summed E-state index contributed by atoms with van der Waals surface area (Å²) in [5, 5.41) is 0. The quantitative estimate of drug-likeness (QED) is 0.724. The molecule has 0 bridgehead atoms. The molecular weight excluding hydrogens is 434 g/mol. The fourth-order valence-electron chi connectivity index (χ4n) is 3.92. The Labute approximate surface area is 190 Å². The second kappa shape index (κ2) is 9.66. The third-order valence-corrected chi connectivity index (χ3v) is 6.57. The fraction of sp³-hybridized carbons (Fsp3) is 0.636. The minimum atomic E-state index is -3.49. The average molecular weight is 468 g/mol. The first-order chi connectivity index (χ1) is 15.0. The lowest BCUT2D eigenvalue weighted by Crippen LogP contribution is -2.49. The van der Waals surface area contributed by atoms with Gasteiger partial charge in [-0.25, -0.2) is 8.42 Å². The van der Waals surface area contributed by atoms with Crippen molar-refractivity contribution >= 4 is 27.5 Å². The molecule has 0 radical (unpaired) electrons. The molecule has 1 aromatic carbocycles. The Morgan fingerprint density at radius 3 is 2.50 bits per heavy atom. The number of likely N-dealkylation sites (N-methyl/N-ethyl adjacent to an activating group) is 1. The van der Waals surface area contributed by atoms with E-state index in [0.29, 0.717) is 24.3 Å². The van der Waals surface area contributed by atoms with Crippen LogP contribution in [0.1, 0.15) is 37.0 Å². The molecule has 1 aromatic rings. The Kier molecular flexibility index (Phi) is 7.34. The number of methoxy groups -OCH3 is 1. The minimum absolute atomic E-state index is 0.0145. The van der Waals surface area contributed by atoms with Crippen LogP contribution >= 0.6 is 0 Å². The van der Waals surface area contributed by atoms with Crippen LogP contribution in [-0.2, 0) is 19.6 Å². The Morgan fingerprint density at radius 2 is 1.91 bits per heavy atom. The highest BCUT2D eigenvalue weighted by molar-refractivity contribution is 7.92. The summed E-state index contributed by atoms with van der Waals surface area (Å²) in [4.78, 5) is 29.6. The molecule has 1 fully saturated rings. The summed E-state index contributed by atoms with van der Waals surface area (Å²) >= 11 is 0. The zero-order valence-corrected chi connectivity index (χ0v) is 20.1. The van der Waals surface area contributed by atoms with Crippen LogP contribution in [0, 0.1) is 11.8 Å². The number of benzene rings is 1. The molecular formula is C22H33N3O6S. The van der Waals surface area contributed by atoms with Crippen LogP contribution in [-0.4, -0.2) is 82.3 Å². The van der Waals surface area contributed by atoms with Crippen molar-refractivity contribution in [3.8, 4) is 5.75 Å². The van der Waals surface area contributed by atoms with Gasteiger partial charge in [0.05, 0.1) is 29.7 Å². The van der Waals surface area contributed by atoms with E-state index in [9.17, 15) is 18.0 Å². The van der Waals surface area contributed by atoms with Crippen LogP contribution < -0.4 is 9.46 Å². The van der Waals surface area contributed by atoms with E-state index >= 15 is 0 Å². The maximum Gasteiger partial charge on any atom is 0.257 e. The molecule has 32 heavy (non-hydrogen) atoms. The first-order valence-electron chi connectivity index (χ1n) is 10.8. The standard InChI is InChI=1S/C22H33N3O6S/c1-14-11-25(21(26)16-6-7-16)15(2)13-31-19-10-17(23-32(5,28)29)8-9-18(19)22(27)24(3)12-20(14)30-4/h8-10,14-16,20,23H,6-7,11-13H2,1-5H3/t14-,15+,20-/m0/s1. The van der Waals surface area contributed by atoms with E-state index in [1.165, 1.54) is 12.1 Å². The number of amides is 2. The van der Waals surface area contributed by atoms with Gasteiger partial charge in [-0.15, -0.1) is 0 Å². The van der Waals surface area contributed by atoms with Crippen LogP contribution in [0.5, 0.6) is 5.75 Å². The molecule has 2 aliphatic rings. The lowest BCUT2D eigenvalue weighted by Gasteiger charge is -2.36. The molecule has 178 valence electrons. The molecule has 0 unspecified atom stereocenters. The molecule has 10 heteroatoms. The van der Waals surface area contributed by atoms with Crippen molar-refractivity contribution in [2.75, 3.05) is 44.8 Å². The number of fused-ring (bicyclic) bond motifs is 1. The molecule has 2 amide bonds. The van der Waals surface area contributed by atoms with E-state index in [-0.39, 0.29) is 48.2 Å². The van der Waals surface area contributed by atoms with Gasteiger partial charge in [-0.2, -0.15) is 0 Å². The molecule has 3 rings (SSSR count). The van der Waals surface area contributed by atoms with Gasteiger partial charge in [-0.3, -0.25) is 14.3 Å². The molecule has 1 heterocycles. The van der Waals surface area contributed by atoms with Crippen molar-refractivity contribution in [2.24, 2.45) is 11.8 Å². The minimum Gasteiger partial charge on any atom is -0.491 e. The third-order valence-electron chi connectivity index (χ3n) is 5.96. The number of ether oxygens (including phenoxy) is 2. The monoisotopic (exact) mass is 467 g/mol. The van der Waals surface area contributed by atoms with Crippen molar-refractivity contribution in [1.29, 1.82) is 0 Å². The topological polar surface area (TPSA) is 105 Å². The highest BCUT2D eigenvalue weighted by Gasteiger charge is 2.37. The molecule has 0 aromatic heterocycles. The first-order valence-corrected chi connectivity index (χ1v) is 12.7. The van der Waals surface area contributed by atoms with Crippen LogP contribution in [0.15, 0.2) is 18.2 Å². The Bertz CT molecular complexity index is 962. The molecule has 0 spiro atoms. The Hall–Kier alpha value is -2.33. The zero-order chi connectivity index (χ0) is 23.6. The number of nitrogens with one attached hydrogen (secondary N) is 1. The van der Waals surface area contributed by atoms with Crippen LogP contribution in [0.4, 0.5) is 5.69 Å². The normalized spacial score (nSPS) is 25.3. The highest BCUT2D eigenvalue weighted by atomic mass is 32.2. The van der Waals surface area contributed by atoms with E-state index in [2.05, 4.69) is 4.72 Å². The van der Waals surface area contributed by atoms with Gasteiger partial charge in [0.15, 0.2) is 0 Å². The van der Waals surface area contributed by atoms with E-state index in [4.69, 9.17) is 9.47 Å². The molecule has 3 atom stereocenters. The molecule has 9 nitrogen and oxygen atoms in total. The van der Waals surface area contributed by atoms with Gasteiger partial charge in [0.25, 0.3) is 5.91 Å². The van der Waals surface area contributed by atoms with Crippen molar-refractivity contribution in [2.45, 2.75) is 38.8 Å². The largest absolute Gasteiger partial charge is 0.491 e. The molecule has 0 saturated heterocycles. The predicted octanol–water partition coefficient (Wildman–Crippen LogP) is 1.80. The smallest absolute Gasteiger partial charge is 0.257 e. The van der Waals surface area contributed by atoms with E-state index < -0.39 is 10.0 Å². The maximum absolute atomic E-state index is 13.2. The van der Waals surface area contributed by atoms with Crippen molar-refractivity contribution in [3.05, 3.63) is 23.8 Å². The predicted molar refractivity (Wildman–Crippen MR) is 121 cm³/mol. The first kappa shape index (κ1) is 24.3. The SMILES string of the molecule is CO[C@H]1CN(C)C(=O)c2ccc(NS(C)(=O)=O)cc2OC[C@@H](C)N(C(=O)C2CC2)C[C@@H]1C. The second-order valence-electron chi connectivity index (χ2n) is 8.95. The number of carbonyl (C=O) groups is 2. The van der Waals surface area contributed by atoms with Gasteiger partial charge in [-0.05, 0) is 31.9 Å². The lowest BCUT2D eigenvalue weighted by molar-refractivity contribution is -0.136. The summed E-state index contributed by atoms with van der Waals surface area (Å²) in [6.45, 7) is 4.97. The summed E-state index contributed by atoms with van der Waals surface area (Å²) in [6.07, 6.45) is 2.62. The van der Waals surface area contributed by atoms with Gasteiger partial charge in [0.1, 0.15) is 12.4 Å². The van der Waals surface area contributed by atoms with E-state index in [1.807, 2.05) is 18.7 Å². The van der Waals surface area contributed by atoms with Gasteiger partial charge in [0, 0.05) is 45.1 Å². The Balaban J connectivity index is 1.97. The van der Waals surface area contributed by atoms with Gasteiger partial charge >= 0.3 is 0 Å². The number of carbonyl (C=O) groups excluding carboxylic acids is 2. The molecule has 1 aliphatic heterocycles. The summed E-state index contributed by atoms with van der Waals surface area (Å²) < 4.78 is 37.4. The van der Waals surface area contributed by atoms with E-state index in [0.717, 1.165) is 19.1 Å². The number of nitrogens with zero attached hydrogens (tertiary/aromatic N) is 2. The maximum atomic E-state index is 13.2. The number of anilines is 1. The molecule has 1 saturated carbocycles. The lowest BCUT2D eigenvalue weighted by atomic mass is 10.0. The zero-order valence-electron chi connectivity index (χ0n) is 19.3. The summed E-state index contributed by atoms with van der Waals surface area (Å²) in [5.41, 5.74) is 0.623. The van der Waals surface area contributed by atoms with Crippen LogP contribution in [0.25, 0.3) is 0 Å². The van der Waals surface area contributed by atoms with Crippen LogP contribution in [0.2, 0.25) is 0 Å². The average Bonchev–Trinajstić information content (AvgIpc) is 3.56. The highest BCUT2D eigenvalue weighted by Crippen LogP contribution is 2.33. The van der Waals surface area contributed by atoms with Crippen molar-refractivity contribution in [3.63, 3.8) is 0 Å². The summed E-state index contributed by atoms with van der Waals surface area (Å²) in [5.74, 6) is 0.223. The number of rotatable bonds is 4. The molecule has 1 N–H and O–H groups in total. The Morgan fingerprint density at radius 1 is 1.22 bits per heavy atom. The van der Waals surface area contributed by atoms with Gasteiger partial charge < -0.3 is 19.3 Å². The van der Waals surface area contributed by atoms with E-state index in [1.54, 1.807) is 25.1 Å². The second-order valence-corrected chi connectivity index (χ2v) is 10.7. The fourth-order valence-corrected chi connectivity index (χ4v) is 4.48. The van der Waals surface area contributed by atoms with Gasteiger partial charge in [0.2, 0.25) is 15.9 Å². The number of sulfonamides is 1. The number of hydrogen-bond donors (Lipinski definition) is 1. The third kappa shape index (κ3) is 5.92. The van der Waals surface area contributed by atoms with Crippen molar-refractivity contribution in [1.82, 2.24) is 9.80 Å². The molecule has 1 aliphatic carbocycles. The summed E-state index contributed by atoms with van der Waals surface area (Å²) in [6, 6.07) is 4.36. The van der Waals surface area contributed by atoms with Crippen molar-refractivity contribution < 1.29 is 27.5 Å².